The first-order valence-electron chi connectivity index (χ1n) is 5.97. The van der Waals surface area contributed by atoms with Crippen LogP contribution in [0.25, 0.3) is 0 Å². The van der Waals surface area contributed by atoms with Crippen molar-refractivity contribution in [2.24, 2.45) is 0 Å². The lowest BCUT2D eigenvalue weighted by molar-refractivity contribution is -0.384. The molecule has 18 heavy (non-hydrogen) atoms. The van der Waals surface area contributed by atoms with Crippen LogP contribution in [0.3, 0.4) is 0 Å². The van der Waals surface area contributed by atoms with Gasteiger partial charge in [0.05, 0.1) is 17.6 Å². The number of carbonyl (C=O) groups excluding carboxylic acids is 1. The lowest BCUT2D eigenvalue weighted by atomic mass is 10.2. The summed E-state index contributed by atoms with van der Waals surface area (Å²) >= 11 is 0. The van der Waals surface area contributed by atoms with Gasteiger partial charge < -0.3 is 0 Å². The van der Waals surface area contributed by atoms with Crippen molar-refractivity contribution in [3.05, 3.63) is 34.4 Å². The molecule has 2 aliphatic heterocycles. The van der Waals surface area contributed by atoms with Crippen molar-refractivity contribution in [3.8, 4) is 0 Å². The number of amides is 1. The van der Waals surface area contributed by atoms with Crippen molar-refractivity contribution in [2.75, 3.05) is 18.1 Å². The Kier molecular flexibility index (Phi) is 2.52. The third-order valence-electron chi connectivity index (χ3n) is 3.61. The zero-order valence-corrected chi connectivity index (χ0v) is 9.78. The largest absolute Gasteiger partial charge is 0.298 e. The third-order valence-corrected chi connectivity index (χ3v) is 3.61. The van der Waals surface area contributed by atoms with Gasteiger partial charge in [-0.1, -0.05) is 0 Å². The number of rotatable bonds is 2. The number of hydrogen-bond acceptors (Lipinski definition) is 4. The number of anilines is 1. The highest BCUT2D eigenvalue weighted by atomic mass is 16.6. The van der Waals surface area contributed by atoms with Gasteiger partial charge in [-0.15, -0.1) is 0 Å². The smallest absolute Gasteiger partial charge is 0.269 e. The first kappa shape index (κ1) is 11.2. The van der Waals surface area contributed by atoms with Crippen LogP contribution in [0.4, 0.5) is 11.4 Å². The van der Waals surface area contributed by atoms with Gasteiger partial charge in [0.25, 0.3) is 5.69 Å². The van der Waals surface area contributed by atoms with Crippen LogP contribution in [0.5, 0.6) is 0 Å². The summed E-state index contributed by atoms with van der Waals surface area (Å²) in [6.07, 6.45) is 1.99. The fourth-order valence-corrected chi connectivity index (χ4v) is 2.67. The van der Waals surface area contributed by atoms with Crippen LogP contribution < -0.4 is 4.90 Å². The van der Waals surface area contributed by atoms with Gasteiger partial charge in [-0.3, -0.25) is 24.7 Å². The molecule has 2 saturated heterocycles. The van der Waals surface area contributed by atoms with Crippen LogP contribution in [-0.2, 0) is 4.79 Å². The van der Waals surface area contributed by atoms with Crippen molar-refractivity contribution >= 4 is 17.3 Å². The van der Waals surface area contributed by atoms with E-state index in [4.69, 9.17) is 0 Å². The number of hydrogen-bond donors (Lipinski definition) is 0. The molecule has 1 aromatic carbocycles. The average molecular weight is 247 g/mol. The predicted molar refractivity (Wildman–Crippen MR) is 65.2 cm³/mol. The average Bonchev–Trinajstić information content (AvgIpc) is 2.93. The molecule has 0 saturated carbocycles. The monoisotopic (exact) mass is 247 g/mol. The summed E-state index contributed by atoms with van der Waals surface area (Å²) in [5, 5.41) is 10.6. The number of nitro groups is 1. The number of carbonyl (C=O) groups is 1. The highest BCUT2D eigenvalue weighted by molar-refractivity contribution is 5.99. The zero-order chi connectivity index (χ0) is 12.7. The number of nitrogens with zero attached hydrogens (tertiary/aromatic N) is 3. The summed E-state index contributed by atoms with van der Waals surface area (Å²) in [6.45, 7) is 1.56. The number of non-ortho nitro benzene ring substituents is 1. The molecule has 2 fully saturated rings. The van der Waals surface area contributed by atoms with E-state index in [-0.39, 0.29) is 17.6 Å². The molecule has 1 atom stereocenters. The molecule has 0 spiro atoms. The van der Waals surface area contributed by atoms with E-state index in [0.29, 0.717) is 6.67 Å². The summed E-state index contributed by atoms with van der Waals surface area (Å²) in [5.41, 5.74) is 0.783. The second-order valence-corrected chi connectivity index (χ2v) is 4.65. The SMILES string of the molecule is O=C1[C@@H]2CCCN2CN1c1ccc([N+](=O)[O-])cc1. The summed E-state index contributed by atoms with van der Waals surface area (Å²) in [7, 11) is 0. The number of nitro benzene ring substituents is 1. The Morgan fingerprint density at radius 2 is 2.00 bits per heavy atom. The molecule has 0 bridgehead atoms. The molecule has 6 heteroatoms. The van der Waals surface area contributed by atoms with Crippen LogP contribution in [0.15, 0.2) is 24.3 Å². The molecule has 1 amide bonds. The summed E-state index contributed by atoms with van der Waals surface area (Å²) < 4.78 is 0. The van der Waals surface area contributed by atoms with Crippen molar-refractivity contribution in [3.63, 3.8) is 0 Å². The van der Waals surface area contributed by atoms with Crippen molar-refractivity contribution in [1.29, 1.82) is 0 Å². The predicted octanol–water partition coefficient (Wildman–Crippen LogP) is 1.36. The van der Waals surface area contributed by atoms with E-state index in [1.54, 1.807) is 17.0 Å². The van der Waals surface area contributed by atoms with Gasteiger partial charge in [0.1, 0.15) is 0 Å². The normalized spacial score (nSPS) is 23.4. The third kappa shape index (κ3) is 1.65. The quantitative estimate of drug-likeness (QED) is 0.584. The highest BCUT2D eigenvalue weighted by Gasteiger charge is 2.41. The lowest BCUT2D eigenvalue weighted by Gasteiger charge is -2.16. The van der Waals surface area contributed by atoms with E-state index < -0.39 is 4.92 Å². The van der Waals surface area contributed by atoms with Crippen LogP contribution in [0.1, 0.15) is 12.8 Å². The first-order chi connectivity index (χ1) is 8.66. The fraction of sp³-hybridized carbons (Fsp3) is 0.417. The van der Waals surface area contributed by atoms with Gasteiger partial charge in [0, 0.05) is 24.4 Å². The Labute approximate surface area is 104 Å². The van der Waals surface area contributed by atoms with Crippen molar-refractivity contribution in [2.45, 2.75) is 18.9 Å². The molecule has 2 heterocycles. The second kappa shape index (κ2) is 4.06. The minimum atomic E-state index is -0.437. The number of fused-ring (bicyclic) bond motifs is 1. The van der Waals surface area contributed by atoms with Crippen LogP contribution in [-0.4, -0.2) is 35.0 Å². The van der Waals surface area contributed by atoms with Crippen molar-refractivity contribution < 1.29 is 9.72 Å². The molecule has 0 unspecified atom stereocenters. The maximum atomic E-state index is 12.2. The van der Waals surface area contributed by atoms with E-state index in [1.807, 2.05) is 0 Å². The Bertz CT molecular complexity index is 500. The maximum absolute atomic E-state index is 12.2. The Morgan fingerprint density at radius 3 is 2.61 bits per heavy atom. The first-order valence-corrected chi connectivity index (χ1v) is 5.97. The van der Waals surface area contributed by atoms with Gasteiger partial charge in [-0.2, -0.15) is 0 Å². The molecular formula is C12H13N3O3. The van der Waals surface area contributed by atoms with Gasteiger partial charge in [-0.25, -0.2) is 0 Å². The van der Waals surface area contributed by atoms with Crippen molar-refractivity contribution in [1.82, 2.24) is 4.90 Å². The molecule has 3 rings (SSSR count). The molecule has 0 aromatic heterocycles. The molecule has 2 aliphatic rings. The summed E-state index contributed by atoms with van der Waals surface area (Å²) in [6, 6.07) is 6.16. The van der Waals surface area contributed by atoms with E-state index in [2.05, 4.69) is 4.90 Å². The van der Waals surface area contributed by atoms with Gasteiger partial charge in [-0.05, 0) is 25.0 Å². The summed E-state index contributed by atoms with van der Waals surface area (Å²) in [5.74, 6) is 0.112. The minimum Gasteiger partial charge on any atom is -0.298 e. The molecule has 0 radical (unpaired) electrons. The van der Waals surface area contributed by atoms with Crippen LogP contribution in [0.2, 0.25) is 0 Å². The fourth-order valence-electron chi connectivity index (χ4n) is 2.67. The molecule has 0 N–H and O–H groups in total. The van der Waals surface area contributed by atoms with E-state index in [1.165, 1.54) is 12.1 Å². The molecule has 1 aromatic rings. The summed E-state index contributed by atoms with van der Waals surface area (Å²) in [4.78, 5) is 26.2. The Morgan fingerprint density at radius 1 is 1.28 bits per heavy atom. The van der Waals surface area contributed by atoms with E-state index >= 15 is 0 Å². The molecule has 94 valence electrons. The molecule has 6 nitrogen and oxygen atoms in total. The van der Waals surface area contributed by atoms with E-state index in [9.17, 15) is 14.9 Å². The second-order valence-electron chi connectivity index (χ2n) is 4.65. The van der Waals surface area contributed by atoms with Crippen LogP contribution in [0, 0.1) is 10.1 Å². The topological polar surface area (TPSA) is 66.7 Å². The van der Waals surface area contributed by atoms with Gasteiger partial charge in [0.2, 0.25) is 5.91 Å². The Balaban J connectivity index is 1.83. The highest BCUT2D eigenvalue weighted by Crippen LogP contribution is 2.30. The van der Waals surface area contributed by atoms with E-state index in [0.717, 1.165) is 25.1 Å². The van der Waals surface area contributed by atoms with Crippen LogP contribution >= 0.6 is 0 Å². The Hall–Kier alpha value is -1.95. The zero-order valence-electron chi connectivity index (χ0n) is 9.78. The number of benzene rings is 1. The molecule has 0 aliphatic carbocycles. The molecular weight excluding hydrogens is 234 g/mol. The standard InChI is InChI=1S/C12H13N3O3/c16-12-11-2-1-7-13(11)8-14(12)9-3-5-10(6-4-9)15(17)18/h3-6,11H,1-2,7-8H2/t11-/m0/s1. The van der Waals surface area contributed by atoms with Gasteiger partial charge >= 0.3 is 0 Å². The minimum absolute atomic E-state index is 0.0141. The lowest BCUT2D eigenvalue weighted by Crippen LogP contribution is -2.29. The van der Waals surface area contributed by atoms with Gasteiger partial charge in [0.15, 0.2) is 0 Å². The maximum Gasteiger partial charge on any atom is 0.269 e.